The quantitative estimate of drug-likeness (QED) is 0.396. The number of phenols is 1. The van der Waals surface area contributed by atoms with Crippen LogP contribution < -0.4 is 24.4 Å². The van der Waals surface area contributed by atoms with Crippen LogP contribution in [0.1, 0.15) is 6.92 Å². The van der Waals surface area contributed by atoms with Crippen molar-refractivity contribution in [2.75, 3.05) is 21.3 Å². The Morgan fingerprint density at radius 3 is 2.26 bits per heavy atom. The van der Waals surface area contributed by atoms with Gasteiger partial charge in [0.2, 0.25) is 17.5 Å². The molecule has 0 amide bonds. The maximum Gasteiger partial charge on any atom is 0.239 e. The van der Waals surface area contributed by atoms with E-state index in [9.17, 15) is 25.2 Å². The lowest BCUT2D eigenvalue weighted by atomic mass is 10.00. The summed E-state index contributed by atoms with van der Waals surface area (Å²) >= 11 is 0. The first kappa shape index (κ1) is 24.6. The van der Waals surface area contributed by atoms with E-state index in [4.69, 9.17) is 28.1 Å². The van der Waals surface area contributed by atoms with Crippen molar-refractivity contribution in [2.45, 2.75) is 37.6 Å². The van der Waals surface area contributed by atoms with Gasteiger partial charge < -0.3 is 48.5 Å². The molecule has 0 saturated carbocycles. The lowest BCUT2D eigenvalue weighted by Gasteiger charge is -2.38. The average Bonchev–Trinajstić information content (AvgIpc) is 2.86. The van der Waals surface area contributed by atoms with Crippen LogP contribution in [0.4, 0.5) is 0 Å². The van der Waals surface area contributed by atoms with Gasteiger partial charge in [-0.2, -0.15) is 0 Å². The summed E-state index contributed by atoms with van der Waals surface area (Å²) in [6, 6.07) is 7.41. The molecule has 0 aliphatic carbocycles. The highest BCUT2D eigenvalue weighted by molar-refractivity contribution is 5.88. The van der Waals surface area contributed by atoms with Gasteiger partial charge in [0, 0.05) is 17.7 Å². The first-order valence-electron chi connectivity index (χ1n) is 10.7. The summed E-state index contributed by atoms with van der Waals surface area (Å²) in [5, 5.41) is 40.9. The van der Waals surface area contributed by atoms with E-state index in [1.165, 1.54) is 40.4 Å². The molecule has 11 nitrogen and oxygen atoms in total. The zero-order valence-electron chi connectivity index (χ0n) is 19.4. The normalized spacial score (nSPS) is 24.3. The third kappa shape index (κ3) is 4.34. The molecule has 1 fully saturated rings. The van der Waals surface area contributed by atoms with E-state index in [1.54, 1.807) is 18.2 Å². The van der Waals surface area contributed by atoms with Gasteiger partial charge in [-0.25, -0.2) is 0 Å². The van der Waals surface area contributed by atoms with Gasteiger partial charge in [0.15, 0.2) is 17.3 Å². The molecule has 2 aromatic carbocycles. The zero-order chi connectivity index (χ0) is 25.4. The van der Waals surface area contributed by atoms with Gasteiger partial charge in [0.25, 0.3) is 0 Å². The molecule has 0 bridgehead atoms. The van der Waals surface area contributed by atoms with Gasteiger partial charge in [-0.05, 0) is 25.1 Å². The summed E-state index contributed by atoms with van der Waals surface area (Å²) in [5.74, 6) is 0.143. The van der Waals surface area contributed by atoms with Gasteiger partial charge in [-0.1, -0.05) is 0 Å². The minimum Gasteiger partial charge on any atom is -0.507 e. The summed E-state index contributed by atoms with van der Waals surface area (Å²) in [5.41, 5.74) is -0.406. The maximum absolute atomic E-state index is 13.5. The van der Waals surface area contributed by atoms with Crippen LogP contribution in [0.5, 0.6) is 28.7 Å². The molecule has 3 aromatic rings. The molecule has 0 spiro atoms. The minimum atomic E-state index is -1.68. The van der Waals surface area contributed by atoms with Crippen LogP contribution in [0.3, 0.4) is 0 Å². The van der Waals surface area contributed by atoms with Crippen molar-refractivity contribution in [1.82, 2.24) is 0 Å². The van der Waals surface area contributed by atoms with E-state index in [-0.39, 0.29) is 22.5 Å². The largest absolute Gasteiger partial charge is 0.507 e. The second kappa shape index (κ2) is 9.62. The molecule has 5 atom stereocenters. The van der Waals surface area contributed by atoms with E-state index < -0.39 is 47.6 Å². The van der Waals surface area contributed by atoms with E-state index in [0.29, 0.717) is 17.1 Å². The Morgan fingerprint density at radius 2 is 1.60 bits per heavy atom. The van der Waals surface area contributed by atoms with Crippen molar-refractivity contribution in [3.63, 3.8) is 0 Å². The molecule has 1 aromatic heterocycles. The van der Waals surface area contributed by atoms with Crippen molar-refractivity contribution < 1.29 is 48.5 Å². The third-order valence-corrected chi connectivity index (χ3v) is 5.83. The predicted octanol–water partition coefficient (Wildman–Crippen LogP) is 1.40. The van der Waals surface area contributed by atoms with Crippen molar-refractivity contribution in [3.05, 3.63) is 40.6 Å². The average molecular weight is 490 g/mol. The van der Waals surface area contributed by atoms with Crippen molar-refractivity contribution in [3.8, 4) is 40.1 Å². The number of hydrogen-bond acceptors (Lipinski definition) is 11. The number of aliphatic hydroxyl groups excluding tert-OH is 3. The molecule has 35 heavy (non-hydrogen) atoms. The molecule has 11 heteroatoms. The van der Waals surface area contributed by atoms with Crippen LogP contribution in [0.15, 0.2) is 39.5 Å². The Morgan fingerprint density at radius 1 is 0.886 bits per heavy atom. The van der Waals surface area contributed by atoms with Crippen LogP contribution >= 0.6 is 0 Å². The molecule has 0 radical (unpaired) electrons. The molecule has 4 N–H and O–H groups in total. The molecular weight excluding hydrogens is 464 g/mol. The number of aliphatic hydroxyl groups is 3. The molecule has 1 aliphatic rings. The lowest BCUT2D eigenvalue weighted by Crippen LogP contribution is -2.58. The zero-order valence-corrected chi connectivity index (χ0v) is 19.4. The Hall–Kier alpha value is -3.51. The number of fused-ring (bicyclic) bond motifs is 1. The van der Waals surface area contributed by atoms with Crippen LogP contribution in [0.2, 0.25) is 0 Å². The van der Waals surface area contributed by atoms with Gasteiger partial charge in [-0.3, -0.25) is 4.79 Å². The number of methoxy groups -OCH3 is 3. The van der Waals surface area contributed by atoms with Gasteiger partial charge in [0.1, 0.15) is 40.8 Å². The fourth-order valence-corrected chi connectivity index (χ4v) is 3.88. The van der Waals surface area contributed by atoms with E-state index >= 15 is 0 Å². The highest BCUT2D eigenvalue weighted by Gasteiger charge is 2.44. The minimum absolute atomic E-state index is 0.0120. The summed E-state index contributed by atoms with van der Waals surface area (Å²) < 4.78 is 33.0. The molecule has 4 rings (SSSR count). The smallest absolute Gasteiger partial charge is 0.239 e. The molecule has 2 heterocycles. The maximum atomic E-state index is 13.5. The Kier molecular flexibility index (Phi) is 6.77. The van der Waals surface area contributed by atoms with Gasteiger partial charge in [0.05, 0.1) is 27.4 Å². The van der Waals surface area contributed by atoms with Crippen molar-refractivity contribution in [1.29, 1.82) is 0 Å². The van der Waals surface area contributed by atoms with Crippen LogP contribution in [0.25, 0.3) is 22.3 Å². The molecule has 1 saturated heterocycles. The van der Waals surface area contributed by atoms with E-state index in [2.05, 4.69) is 0 Å². The number of benzene rings is 2. The molecule has 0 unspecified atom stereocenters. The van der Waals surface area contributed by atoms with Crippen molar-refractivity contribution >= 4 is 11.0 Å². The summed E-state index contributed by atoms with van der Waals surface area (Å²) in [4.78, 5) is 13.5. The fraction of sp³-hybridized carbons (Fsp3) is 0.375. The molecular formula is C24H26O11. The van der Waals surface area contributed by atoms with E-state index in [1.807, 2.05) is 0 Å². The fourth-order valence-electron chi connectivity index (χ4n) is 3.88. The van der Waals surface area contributed by atoms with Crippen molar-refractivity contribution in [2.24, 2.45) is 0 Å². The highest BCUT2D eigenvalue weighted by atomic mass is 16.7. The Labute approximate surface area is 199 Å². The Bertz CT molecular complexity index is 1280. The summed E-state index contributed by atoms with van der Waals surface area (Å²) in [6.45, 7) is 1.48. The highest BCUT2D eigenvalue weighted by Crippen LogP contribution is 2.40. The molecule has 188 valence electrons. The lowest BCUT2D eigenvalue weighted by molar-refractivity contribution is -0.268. The number of hydrogen-bond donors (Lipinski definition) is 4. The number of aromatic hydroxyl groups is 1. The van der Waals surface area contributed by atoms with Crippen LogP contribution in [-0.2, 0) is 4.74 Å². The topological polar surface area (TPSA) is 157 Å². The van der Waals surface area contributed by atoms with Gasteiger partial charge in [-0.15, -0.1) is 0 Å². The second-order valence-electron chi connectivity index (χ2n) is 7.98. The van der Waals surface area contributed by atoms with Crippen LogP contribution in [0, 0.1) is 0 Å². The van der Waals surface area contributed by atoms with Gasteiger partial charge >= 0.3 is 0 Å². The Balaban J connectivity index is 1.93. The standard InChI is InChI=1S/C24H26O11/c1-10-18(26)20(28)21(29)24(33-10)35-23-19(27)17-13(25)8-12(30-2)9-16(17)34-22(23)11-5-6-14(31-3)15(7-11)32-4/h5-10,18,20-21,24-26,28-29H,1-4H3/t10-,18-,20+,21-,24+/m0/s1. The number of rotatable bonds is 6. The monoisotopic (exact) mass is 490 g/mol. The number of ether oxygens (including phenoxy) is 5. The summed E-state index contributed by atoms with van der Waals surface area (Å²) in [7, 11) is 4.31. The van der Waals surface area contributed by atoms with E-state index in [0.717, 1.165) is 0 Å². The summed E-state index contributed by atoms with van der Waals surface area (Å²) in [6.07, 6.45) is -7.06. The first-order valence-corrected chi connectivity index (χ1v) is 10.7. The first-order chi connectivity index (χ1) is 16.7. The predicted molar refractivity (Wildman–Crippen MR) is 122 cm³/mol. The molecule has 1 aliphatic heterocycles. The second-order valence-corrected chi connectivity index (χ2v) is 7.98. The SMILES string of the molecule is COc1cc(O)c2c(=O)c(O[C@H]3O[C@@H](C)[C@H](O)[C@@H](O)[C@@H]3O)c(-c3ccc(OC)c(OC)c3)oc2c1. The number of phenolic OH excluding ortho intramolecular Hbond substituents is 1. The van der Waals surface area contributed by atoms with Crippen LogP contribution in [-0.4, -0.2) is 72.5 Å². The third-order valence-electron chi connectivity index (χ3n) is 5.83.